The summed E-state index contributed by atoms with van der Waals surface area (Å²) in [6.07, 6.45) is -0.741. The molecule has 0 aliphatic heterocycles. The van der Waals surface area contributed by atoms with Gasteiger partial charge in [-0.2, -0.15) is 18.4 Å². The van der Waals surface area contributed by atoms with Gasteiger partial charge in [-0.3, -0.25) is 0 Å². The summed E-state index contributed by atoms with van der Waals surface area (Å²) >= 11 is 0. The van der Waals surface area contributed by atoms with Gasteiger partial charge < -0.3 is 4.90 Å². The van der Waals surface area contributed by atoms with Gasteiger partial charge in [-0.15, -0.1) is 0 Å². The molecule has 0 saturated heterocycles. The Balaban J connectivity index is 1.76. The number of halogens is 3. The fourth-order valence-corrected chi connectivity index (χ4v) is 4.69. The number of benzene rings is 2. The van der Waals surface area contributed by atoms with Gasteiger partial charge in [0.15, 0.2) is 0 Å². The van der Waals surface area contributed by atoms with Crippen LogP contribution in [0.1, 0.15) is 56.2 Å². The average molecular weight is 429 g/mol. The third kappa shape index (κ3) is 5.49. The molecule has 31 heavy (non-hydrogen) atoms. The summed E-state index contributed by atoms with van der Waals surface area (Å²) in [5.41, 5.74) is -0.296. The van der Waals surface area contributed by atoms with E-state index in [1.807, 2.05) is 18.2 Å². The second kappa shape index (κ2) is 9.87. The SMILES string of the molecule is CCN(CCc1ccccc1)C(C)CCC(C#N)(c1ccccc1C(F)(F)F)C1CC1. The smallest absolute Gasteiger partial charge is 0.301 e. The largest absolute Gasteiger partial charge is 0.416 e. The highest BCUT2D eigenvalue weighted by atomic mass is 19.4. The zero-order valence-electron chi connectivity index (χ0n) is 18.3. The van der Waals surface area contributed by atoms with Crippen LogP contribution >= 0.6 is 0 Å². The first-order valence-corrected chi connectivity index (χ1v) is 11.2. The van der Waals surface area contributed by atoms with Crippen LogP contribution in [0, 0.1) is 17.2 Å². The Kier molecular flexibility index (Phi) is 7.43. The van der Waals surface area contributed by atoms with Gasteiger partial charge in [-0.05, 0) is 68.7 Å². The van der Waals surface area contributed by atoms with Gasteiger partial charge >= 0.3 is 6.18 Å². The molecule has 2 atom stereocenters. The fraction of sp³-hybridized carbons (Fsp3) is 0.500. The summed E-state index contributed by atoms with van der Waals surface area (Å²) in [6, 6.07) is 18.5. The number of hydrogen-bond acceptors (Lipinski definition) is 2. The number of alkyl halides is 3. The number of likely N-dealkylation sites (N-methyl/N-ethyl adjacent to an activating group) is 1. The summed E-state index contributed by atoms with van der Waals surface area (Å²) < 4.78 is 41.2. The lowest BCUT2D eigenvalue weighted by atomic mass is 9.71. The average Bonchev–Trinajstić information content (AvgIpc) is 3.61. The minimum absolute atomic E-state index is 0.00703. The maximum absolute atomic E-state index is 13.7. The van der Waals surface area contributed by atoms with Crippen molar-refractivity contribution in [1.29, 1.82) is 5.26 Å². The Morgan fingerprint density at radius 1 is 1.03 bits per heavy atom. The maximum atomic E-state index is 13.7. The lowest BCUT2D eigenvalue weighted by Gasteiger charge is -2.34. The zero-order valence-corrected chi connectivity index (χ0v) is 18.3. The standard InChI is InChI=1S/C26H31F3N2/c1-3-31(18-16-21-9-5-4-6-10-21)20(2)15-17-25(19-30,22-13-14-22)23-11-7-8-12-24(23)26(27,28)29/h4-12,20,22H,3,13-18H2,1-2H3. The molecule has 1 saturated carbocycles. The van der Waals surface area contributed by atoms with Crippen molar-refractivity contribution >= 4 is 0 Å². The molecule has 1 aliphatic rings. The Bertz CT molecular complexity index is 884. The van der Waals surface area contributed by atoms with Gasteiger partial charge in [-0.25, -0.2) is 0 Å². The number of nitriles is 1. The summed E-state index contributed by atoms with van der Waals surface area (Å²) in [7, 11) is 0. The van der Waals surface area contributed by atoms with Crippen molar-refractivity contribution in [3.63, 3.8) is 0 Å². The normalized spacial score (nSPS) is 17.2. The lowest BCUT2D eigenvalue weighted by Crippen LogP contribution is -2.37. The molecule has 3 rings (SSSR count). The van der Waals surface area contributed by atoms with Gasteiger partial charge in [0, 0.05) is 12.6 Å². The molecule has 2 unspecified atom stereocenters. The molecule has 5 heteroatoms. The van der Waals surface area contributed by atoms with E-state index in [4.69, 9.17) is 0 Å². The van der Waals surface area contributed by atoms with E-state index < -0.39 is 17.2 Å². The highest BCUT2D eigenvalue weighted by molar-refractivity contribution is 5.43. The Labute approximate surface area is 183 Å². The van der Waals surface area contributed by atoms with Crippen LogP contribution in [-0.2, 0) is 18.0 Å². The predicted molar refractivity (Wildman–Crippen MR) is 118 cm³/mol. The van der Waals surface area contributed by atoms with Crippen molar-refractivity contribution in [3.05, 3.63) is 71.3 Å². The highest BCUT2D eigenvalue weighted by Gasteiger charge is 2.50. The van der Waals surface area contributed by atoms with Crippen LogP contribution < -0.4 is 0 Å². The number of rotatable bonds is 10. The molecule has 0 amide bonds. The van der Waals surface area contributed by atoms with Gasteiger partial charge in [0.2, 0.25) is 0 Å². The Morgan fingerprint density at radius 2 is 1.65 bits per heavy atom. The summed E-state index contributed by atoms with van der Waals surface area (Å²) in [5, 5.41) is 10.2. The molecule has 0 spiro atoms. The molecule has 0 heterocycles. The van der Waals surface area contributed by atoms with E-state index in [2.05, 4.69) is 36.9 Å². The van der Waals surface area contributed by atoms with E-state index in [0.29, 0.717) is 12.8 Å². The first-order valence-electron chi connectivity index (χ1n) is 11.2. The van der Waals surface area contributed by atoms with E-state index in [9.17, 15) is 18.4 Å². The molecule has 0 bridgehead atoms. The summed E-state index contributed by atoms with van der Waals surface area (Å²) in [5.74, 6) is 0.00703. The van der Waals surface area contributed by atoms with Crippen LogP contribution in [0.15, 0.2) is 54.6 Å². The summed E-state index contributed by atoms with van der Waals surface area (Å²) in [6.45, 7) is 6.00. The van der Waals surface area contributed by atoms with Crippen LogP contribution in [0.25, 0.3) is 0 Å². The van der Waals surface area contributed by atoms with Crippen molar-refractivity contribution < 1.29 is 13.2 Å². The molecular weight excluding hydrogens is 397 g/mol. The van der Waals surface area contributed by atoms with Crippen molar-refractivity contribution in [2.45, 2.75) is 63.6 Å². The maximum Gasteiger partial charge on any atom is 0.416 e. The molecule has 2 aromatic carbocycles. The molecule has 1 fully saturated rings. The minimum atomic E-state index is -4.45. The van der Waals surface area contributed by atoms with Gasteiger partial charge in [0.1, 0.15) is 0 Å². The molecular formula is C26H31F3N2. The summed E-state index contributed by atoms with van der Waals surface area (Å²) in [4.78, 5) is 2.36. The Hall–Kier alpha value is -2.32. The molecule has 0 N–H and O–H groups in total. The molecule has 2 aromatic rings. The van der Waals surface area contributed by atoms with E-state index >= 15 is 0 Å². The number of nitrogens with zero attached hydrogens (tertiary/aromatic N) is 2. The van der Waals surface area contributed by atoms with E-state index in [-0.39, 0.29) is 17.5 Å². The highest BCUT2D eigenvalue weighted by Crippen LogP contribution is 2.52. The van der Waals surface area contributed by atoms with Crippen molar-refractivity contribution in [2.24, 2.45) is 5.92 Å². The van der Waals surface area contributed by atoms with E-state index in [1.54, 1.807) is 6.07 Å². The molecule has 0 aromatic heterocycles. The first kappa shape index (κ1) is 23.3. The van der Waals surface area contributed by atoms with Crippen molar-refractivity contribution in [2.75, 3.05) is 13.1 Å². The quantitative estimate of drug-likeness (QED) is 0.426. The third-order valence-electron chi connectivity index (χ3n) is 6.70. The molecule has 1 aliphatic carbocycles. The van der Waals surface area contributed by atoms with Crippen LogP contribution in [0.3, 0.4) is 0 Å². The van der Waals surface area contributed by atoms with Crippen LogP contribution in [0.5, 0.6) is 0 Å². The van der Waals surface area contributed by atoms with Crippen molar-refractivity contribution in [3.8, 4) is 6.07 Å². The first-order chi connectivity index (χ1) is 14.8. The van der Waals surface area contributed by atoms with Crippen molar-refractivity contribution in [1.82, 2.24) is 4.90 Å². The van der Waals surface area contributed by atoms with Gasteiger partial charge in [-0.1, -0.05) is 55.5 Å². The van der Waals surface area contributed by atoms with Crippen LogP contribution in [0.4, 0.5) is 13.2 Å². The predicted octanol–water partition coefficient (Wildman–Crippen LogP) is 6.61. The molecule has 2 nitrogen and oxygen atoms in total. The molecule has 0 radical (unpaired) electrons. The van der Waals surface area contributed by atoms with Gasteiger partial charge in [0.25, 0.3) is 0 Å². The topological polar surface area (TPSA) is 27.0 Å². The second-order valence-electron chi connectivity index (χ2n) is 8.65. The van der Waals surface area contributed by atoms with Gasteiger partial charge in [0.05, 0.1) is 17.0 Å². The zero-order chi connectivity index (χ0) is 22.5. The van der Waals surface area contributed by atoms with Crippen LogP contribution in [0.2, 0.25) is 0 Å². The Morgan fingerprint density at radius 3 is 2.19 bits per heavy atom. The minimum Gasteiger partial charge on any atom is -0.301 e. The second-order valence-corrected chi connectivity index (χ2v) is 8.65. The molecule has 166 valence electrons. The number of hydrogen-bond donors (Lipinski definition) is 0. The lowest BCUT2D eigenvalue weighted by molar-refractivity contribution is -0.138. The monoisotopic (exact) mass is 428 g/mol. The van der Waals surface area contributed by atoms with Crippen LogP contribution in [-0.4, -0.2) is 24.0 Å². The third-order valence-corrected chi connectivity index (χ3v) is 6.70. The fourth-order valence-electron chi connectivity index (χ4n) is 4.69. The van der Waals surface area contributed by atoms with E-state index in [1.165, 1.54) is 17.7 Å². The van der Waals surface area contributed by atoms with E-state index in [0.717, 1.165) is 38.4 Å².